The maximum Gasteiger partial charge on any atom is 0.326 e. The number of nitrogens with one attached hydrogen (secondary N) is 3. The third-order valence-electron chi connectivity index (χ3n) is 2.60. The predicted octanol–water partition coefficient (Wildman–Crippen LogP) is -0.706. The molecule has 0 fully saturated rings. The van der Waals surface area contributed by atoms with E-state index in [2.05, 4.69) is 10.3 Å². The highest BCUT2D eigenvalue weighted by Gasteiger charge is 2.14. The molecule has 8 heteroatoms. The third-order valence-corrected chi connectivity index (χ3v) is 2.60. The van der Waals surface area contributed by atoms with E-state index < -0.39 is 23.1 Å². The lowest BCUT2D eigenvalue weighted by Gasteiger charge is -2.13. The molecule has 0 saturated heterocycles. The second-order valence-electron chi connectivity index (χ2n) is 4.08. The van der Waals surface area contributed by atoms with Gasteiger partial charge in [-0.25, -0.2) is 4.79 Å². The Morgan fingerprint density at radius 2 is 2.05 bits per heavy atom. The van der Waals surface area contributed by atoms with Gasteiger partial charge in [0.1, 0.15) is 5.69 Å². The lowest BCUT2D eigenvalue weighted by atomic mass is 10.0. The number of carbonyl (C=O) groups excluding carboxylic acids is 1. The number of carbonyl (C=O) groups is 2. The Morgan fingerprint density at radius 1 is 1.37 bits per heavy atom. The highest BCUT2D eigenvalue weighted by atomic mass is 16.4. The predicted molar refractivity (Wildman–Crippen MR) is 66.1 cm³/mol. The number of rotatable bonds is 6. The molecule has 19 heavy (non-hydrogen) atoms. The summed E-state index contributed by atoms with van der Waals surface area (Å²) in [6.07, 6.45) is 0.543. The van der Waals surface area contributed by atoms with Gasteiger partial charge in [-0.05, 0) is 5.92 Å². The van der Waals surface area contributed by atoms with Gasteiger partial charge in [0.25, 0.3) is 11.5 Å². The Hall–Kier alpha value is -2.38. The van der Waals surface area contributed by atoms with Crippen LogP contribution in [-0.4, -0.2) is 33.5 Å². The van der Waals surface area contributed by atoms with E-state index in [4.69, 9.17) is 5.11 Å². The van der Waals surface area contributed by atoms with Gasteiger partial charge >= 0.3 is 11.7 Å². The normalized spacial score (nSPS) is 11.8. The first-order valence-corrected chi connectivity index (χ1v) is 5.76. The van der Waals surface area contributed by atoms with Gasteiger partial charge < -0.3 is 15.4 Å². The van der Waals surface area contributed by atoms with Crippen molar-refractivity contribution in [3.8, 4) is 0 Å². The maximum absolute atomic E-state index is 11.7. The quantitative estimate of drug-likeness (QED) is 0.541. The first-order chi connectivity index (χ1) is 8.92. The standard InChI is InChI=1S/C11H15N3O5/c1-2-6(3-9(16)17)5-12-10(18)7-4-8(15)14-11(19)13-7/h4,6H,2-3,5H2,1H3,(H,12,18)(H,16,17)(H2,13,14,15,19). The van der Waals surface area contributed by atoms with E-state index in [1.165, 1.54) is 0 Å². The Balaban J connectivity index is 2.66. The summed E-state index contributed by atoms with van der Waals surface area (Å²) in [5.74, 6) is -1.76. The molecule has 0 spiro atoms. The number of aromatic amines is 2. The highest BCUT2D eigenvalue weighted by Crippen LogP contribution is 2.06. The number of hydrogen-bond acceptors (Lipinski definition) is 4. The van der Waals surface area contributed by atoms with Crippen LogP contribution in [0.25, 0.3) is 0 Å². The molecular formula is C11H15N3O5. The van der Waals surface area contributed by atoms with Crippen LogP contribution < -0.4 is 16.6 Å². The number of H-pyrrole nitrogens is 2. The van der Waals surface area contributed by atoms with Gasteiger partial charge in [0.05, 0.1) is 0 Å². The molecule has 0 aromatic carbocycles. The topological polar surface area (TPSA) is 132 Å². The molecule has 1 aromatic heterocycles. The number of aromatic nitrogens is 2. The molecule has 1 unspecified atom stereocenters. The SMILES string of the molecule is CCC(CNC(=O)c1cc(=O)[nH]c(=O)[nH]1)CC(=O)O. The van der Waals surface area contributed by atoms with Crippen molar-refractivity contribution in [2.45, 2.75) is 19.8 Å². The van der Waals surface area contributed by atoms with Crippen molar-refractivity contribution in [3.63, 3.8) is 0 Å². The minimum absolute atomic E-state index is 0.0529. The fourth-order valence-electron chi connectivity index (χ4n) is 1.53. The molecular weight excluding hydrogens is 254 g/mol. The summed E-state index contributed by atoms with van der Waals surface area (Å²) < 4.78 is 0. The molecule has 8 nitrogen and oxygen atoms in total. The molecule has 104 valence electrons. The van der Waals surface area contributed by atoms with Gasteiger partial charge in [0.2, 0.25) is 0 Å². The van der Waals surface area contributed by atoms with Gasteiger partial charge in [0.15, 0.2) is 0 Å². The molecule has 0 aliphatic carbocycles. The van der Waals surface area contributed by atoms with Crippen molar-refractivity contribution in [1.82, 2.24) is 15.3 Å². The van der Waals surface area contributed by atoms with Crippen LogP contribution in [-0.2, 0) is 4.79 Å². The first-order valence-electron chi connectivity index (χ1n) is 5.76. The third kappa shape index (κ3) is 4.78. The maximum atomic E-state index is 11.7. The van der Waals surface area contributed by atoms with Gasteiger partial charge in [-0.3, -0.25) is 19.4 Å². The summed E-state index contributed by atoms with van der Waals surface area (Å²) in [4.78, 5) is 48.4. The van der Waals surface area contributed by atoms with Gasteiger partial charge in [-0.15, -0.1) is 0 Å². The van der Waals surface area contributed by atoms with Crippen LogP contribution in [0.3, 0.4) is 0 Å². The summed E-state index contributed by atoms with van der Waals surface area (Å²) in [6, 6.07) is 0.967. The van der Waals surface area contributed by atoms with E-state index in [1.807, 2.05) is 11.9 Å². The molecule has 0 aliphatic heterocycles. The Bertz CT molecular complexity index is 546. The molecule has 0 bridgehead atoms. The summed E-state index contributed by atoms with van der Waals surface area (Å²) in [7, 11) is 0. The van der Waals surface area contributed by atoms with E-state index in [0.717, 1.165) is 6.07 Å². The highest BCUT2D eigenvalue weighted by molar-refractivity contribution is 5.92. The van der Waals surface area contributed by atoms with Crippen LogP contribution in [0.4, 0.5) is 0 Å². The molecule has 1 aromatic rings. The average molecular weight is 269 g/mol. The van der Waals surface area contributed by atoms with Crippen LogP contribution in [0.5, 0.6) is 0 Å². The van der Waals surface area contributed by atoms with Crippen molar-refractivity contribution < 1.29 is 14.7 Å². The second kappa shape index (κ2) is 6.53. The lowest BCUT2D eigenvalue weighted by Crippen LogP contribution is -2.34. The summed E-state index contributed by atoms with van der Waals surface area (Å²) in [5.41, 5.74) is -1.60. The molecule has 1 atom stereocenters. The first kappa shape index (κ1) is 14.7. The Morgan fingerprint density at radius 3 is 2.58 bits per heavy atom. The largest absolute Gasteiger partial charge is 0.481 e. The summed E-state index contributed by atoms with van der Waals surface area (Å²) in [6.45, 7) is 1.98. The second-order valence-corrected chi connectivity index (χ2v) is 4.08. The molecule has 0 saturated carbocycles. The zero-order chi connectivity index (χ0) is 14.4. The molecule has 1 rings (SSSR count). The van der Waals surface area contributed by atoms with Gasteiger partial charge in [-0.1, -0.05) is 13.3 Å². The van der Waals surface area contributed by atoms with E-state index >= 15 is 0 Å². The van der Waals surface area contributed by atoms with Gasteiger partial charge in [-0.2, -0.15) is 0 Å². The zero-order valence-corrected chi connectivity index (χ0v) is 10.4. The van der Waals surface area contributed by atoms with Crippen LogP contribution >= 0.6 is 0 Å². The summed E-state index contributed by atoms with van der Waals surface area (Å²) >= 11 is 0. The van der Waals surface area contributed by atoms with Crippen molar-refractivity contribution in [3.05, 3.63) is 32.6 Å². The monoisotopic (exact) mass is 269 g/mol. The fraction of sp³-hybridized carbons (Fsp3) is 0.455. The fourth-order valence-corrected chi connectivity index (χ4v) is 1.53. The zero-order valence-electron chi connectivity index (χ0n) is 10.4. The Kier molecular flexibility index (Phi) is 5.04. The number of carboxylic acids is 1. The van der Waals surface area contributed by atoms with E-state index in [-0.39, 0.29) is 24.6 Å². The Labute approximate surface area is 107 Å². The van der Waals surface area contributed by atoms with Crippen molar-refractivity contribution in [2.75, 3.05) is 6.54 Å². The molecule has 4 N–H and O–H groups in total. The van der Waals surface area contributed by atoms with Crippen molar-refractivity contribution >= 4 is 11.9 Å². The van der Waals surface area contributed by atoms with E-state index in [1.54, 1.807) is 0 Å². The van der Waals surface area contributed by atoms with Gasteiger partial charge in [0, 0.05) is 19.0 Å². The number of aliphatic carboxylic acids is 1. The van der Waals surface area contributed by atoms with Crippen LogP contribution in [0, 0.1) is 5.92 Å². The molecule has 0 radical (unpaired) electrons. The van der Waals surface area contributed by atoms with Crippen molar-refractivity contribution in [1.29, 1.82) is 0 Å². The van der Waals surface area contributed by atoms with Crippen LogP contribution in [0.1, 0.15) is 30.3 Å². The minimum Gasteiger partial charge on any atom is -0.481 e. The minimum atomic E-state index is -0.939. The van der Waals surface area contributed by atoms with Crippen LogP contribution in [0.15, 0.2) is 15.7 Å². The lowest BCUT2D eigenvalue weighted by molar-refractivity contribution is -0.138. The number of hydrogen-bond donors (Lipinski definition) is 4. The van der Waals surface area contributed by atoms with E-state index in [9.17, 15) is 19.2 Å². The van der Waals surface area contributed by atoms with Crippen molar-refractivity contribution in [2.24, 2.45) is 5.92 Å². The van der Waals surface area contributed by atoms with E-state index in [0.29, 0.717) is 6.42 Å². The molecule has 1 amide bonds. The molecule has 1 heterocycles. The average Bonchev–Trinajstić information content (AvgIpc) is 2.32. The number of carboxylic acid groups (broad SMARTS) is 1. The smallest absolute Gasteiger partial charge is 0.326 e. The van der Waals surface area contributed by atoms with Crippen LogP contribution in [0.2, 0.25) is 0 Å². The number of amides is 1. The summed E-state index contributed by atoms with van der Waals surface area (Å²) in [5, 5.41) is 11.1. The molecule has 0 aliphatic rings.